The zero-order valence-electron chi connectivity index (χ0n) is 26.5. The molecule has 49 heavy (non-hydrogen) atoms. The maximum absolute atomic E-state index is 9.63. The number of fused-ring (bicyclic) bond motifs is 4. The molecule has 0 N–H and O–H groups in total. The van der Waals surface area contributed by atoms with Crippen LogP contribution >= 0.6 is 0 Å². The van der Waals surface area contributed by atoms with Crippen LogP contribution in [0.3, 0.4) is 0 Å². The van der Waals surface area contributed by atoms with Gasteiger partial charge in [0.2, 0.25) is 0 Å². The number of benzene rings is 7. The Morgan fingerprint density at radius 1 is 0.408 bits per heavy atom. The van der Waals surface area contributed by atoms with E-state index in [1.165, 1.54) is 27.8 Å². The molecule has 1 heterocycles. The summed E-state index contributed by atoms with van der Waals surface area (Å²) < 4.78 is 0. The van der Waals surface area contributed by atoms with Gasteiger partial charge in [-0.1, -0.05) is 140 Å². The van der Waals surface area contributed by atoms with E-state index in [0.717, 1.165) is 33.0 Å². The van der Waals surface area contributed by atoms with E-state index < -0.39 is 5.41 Å². The standard InChI is InChI=1S/C45H28N4/c46-29-30-20-24-37(25-21-30)45(36-16-8-3-9-17-36)40-19-11-10-18-38(40)39-27-33-22-23-34(26-35(33)28-41(39)45)44-48-42(31-12-4-1-5-13-31)47-43(49-44)32-14-6-2-7-15-32/h1-28H. The molecule has 4 nitrogen and oxygen atoms in total. The van der Waals surface area contributed by atoms with E-state index in [1.807, 2.05) is 72.8 Å². The summed E-state index contributed by atoms with van der Waals surface area (Å²) in [5.74, 6) is 1.90. The Balaban J connectivity index is 1.28. The van der Waals surface area contributed by atoms with Gasteiger partial charge in [0.1, 0.15) is 0 Å². The normalized spacial score (nSPS) is 14.6. The Kier molecular flexibility index (Phi) is 6.71. The quantitative estimate of drug-likeness (QED) is 0.191. The van der Waals surface area contributed by atoms with Crippen molar-refractivity contribution in [3.05, 3.63) is 198 Å². The third-order valence-corrected chi connectivity index (χ3v) is 9.61. The summed E-state index contributed by atoms with van der Waals surface area (Å²) in [4.78, 5) is 14.9. The minimum atomic E-state index is -0.570. The monoisotopic (exact) mass is 624 g/mol. The van der Waals surface area contributed by atoms with Crippen molar-refractivity contribution in [1.29, 1.82) is 5.26 Å². The van der Waals surface area contributed by atoms with E-state index in [1.54, 1.807) is 0 Å². The molecule has 0 radical (unpaired) electrons. The number of nitrogens with zero attached hydrogens (tertiary/aromatic N) is 4. The van der Waals surface area contributed by atoms with Crippen molar-refractivity contribution >= 4 is 10.8 Å². The van der Waals surface area contributed by atoms with Crippen LogP contribution in [0.25, 0.3) is 56.1 Å². The van der Waals surface area contributed by atoms with Crippen LogP contribution in [0.1, 0.15) is 27.8 Å². The molecule has 9 rings (SSSR count). The van der Waals surface area contributed by atoms with Gasteiger partial charge in [-0.05, 0) is 74.5 Å². The molecule has 0 bridgehead atoms. The smallest absolute Gasteiger partial charge is 0.164 e. The van der Waals surface area contributed by atoms with Crippen LogP contribution in [0.2, 0.25) is 0 Å². The molecule has 0 amide bonds. The van der Waals surface area contributed by atoms with Crippen LogP contribution < -0.4 is 0 Å². The van der Waals surface area contributed by atoms with Crippen LogP contribution in [-0.2, 0) is 5.41 Å². The first-order valence-electron chi connectivity index (χ1n) is 16.3. The van der Waals surface area contributed by atoms with Crippen molar-refractivity contribution < 1.29 is 0 Å². The molecule has 0 saturated carbocycles. The van der Waals surface area contributed by atoms with E-state index >= 15 is 0 Å². The lowest BCUT2D eigenvalue weighted by Crippen LogP contribution is -2.28. The van der Waals surface area contributed by atoms with E-state index in [9.17, 15) is 5.26 Å². The van der Waals surface area contributed by atoms with E-state index in [-0.39, 0.29) is 0 Å². The SMILES string of the molecule is N#Cc1ccc(C2(c3ccccc3)c3ccccc3-c3cc4ccc(-c5nc(-c6ccccc6)nc(-c6ccccc6)n5)cc4cc32)cc1. The third-order valence-electron chi connectivity index (χ3n) is 9.61. The lowest BCUT2D eigenvalue weighted by atomic mass is 9.67. The molecule has 7 aromatic carbocycles. The van der Waals surface area contributed by atoms with Gasteiger partial charge in [-0.2, -0.15) is 5.26 Å². The largest absolute Gasteiger partial charge is 0.208 e. The van der Waals surface area contributed by atoms with Crippen molar-refractivity contribution in [2.24, 2.45) is 0 Å². The number of nitriles is 1. The molecule has 1 aliphatic carbocycles. The maximum Gasteiger partial charge on any atom is 0.164 e. The molecule has 0 aliphatic heterocycles. The fourth-order valence-corrected chi connectivity index (χ4v) is 7.37. The number of rotatable bonds is 5. The Bertz CT molecular complexity index is 2480. The van der Waals surface area contributed by atoms with Crippen LogP contribution in [0, 0.1) is 11.3 Å². The van der Waals surface area contributed by atoms with E-state index in [2.05, 4.69) is 103 Å². The van der Waals surface area contributed by atoms with Crippen LogP contribution in [0.5, 0.6) is 0 Å². The summed E-state index contributed by atoms with van der Waals surface area (Å²) in [6.45, 7) is 0. The average molecular weight is 625 g/mol. The summed E-state index contributed by atoms with van der Waals surface area (Å²) in [7, 11) is 0. The van der Waals surface area contributed by atoms with Gasteiger partial charge >= 0.3 is 0 Å². The zero-order valence-corrected chi connectivity index (χ0v) is 26.5. The zero-order chi connectivity index (χ0) is 32.8. The van der Waals surface area contributed by atoms with Gasteiger partial charge in [-0.25, -0.2) is 15.0 Å². The molecule has 1 unspecified atom stereocenters. The minimum Gasteiger partial charge on any atom is -0.208 e. The van der Waals surface area contributed by atoms with Gasteiger partial charge < -0.3 is 0 Å². The predicted molar refractivity (Wildman–Crippen MR) is 196 cm³/mol. The molecule has 0 saturated heterocycles. The Hall–Kier alpha value is -6.70. The fraction of sp³-hybridized carbons (Fsp3) is 0.0222. The van der Waals surface area contributed by atoms with E-state index in [0.29, 0.717) is 23.0 Å². The highest BCUT2D eigenvalue weighted by atomic mass is 15.0. The van der Waals surface area contributed by atoms with Gasteiger partial charge in [0.05, 0.1) is 17.0 Å². The van der Waals surface area contributed by atoms with Crippen molar-refractivity contribution in [1.82, 2.24) is 15.0 Å². The Morgan fingerprint density at radius 2 is 0.959 bits per heavy atom. The number of hydrogen-bond acceptors (Lipinski definition) is 4. The minimum absolute atomic E-state index is 0.570. The van der Waals surface area contributed by atoms with Gasteiger partial charge in [0.25, 0.3) is 0 Å². The molecular weight excluding hydrogens is 597 g/mol. The first kappa shape index (κ1) is 28.5. The van der Waals surface area contributed by atoms with Gasteiger partial charge in [0.15, 0.2) is 17.5 Å². The van der Waals surface area contributed by atoms with Crippen molar-refractivity contribution in [3.8, 4) is 51.4 Å². The highest BCUT2D eigenvalue weighted by Gasteiger charge is 2.46. The number of aromatic nitrogens is 3. The van der Waals surface area contributed by atoms with Crippen molar-refractivity contribution in [3.63, 3.8) is 0 Å². The van der Waals surface area contributed by atoms with E-state index in [4.69, 9.17) is 15.0 Å². The highest BCUT2D eigenvalue weighted by Crippen LogP contribution is 2.56. The summed E-state index contributed by atoms with van der Waals surface area (Å²) in [6.07, 6.45) is 0. The molecule has 1 atom stereocenters. The van der Waals surface area contributed by atoms with Crippen molar-refractivity contribution in [2.75, 3.05) is 0 Å². The maximum atomic E-state index is 9.63. The molecule has 8 aromatic rings. The molecule has 0 spiro atoms. The summed E-state index contributed by atoms with van der Waals surface area (Å²) in [5.41, 5.74) is 10.0. The predicted octanol–water partition coefficient (Wildman–Crippen LogP) is 10.3. The first-order valence-corrected chi connectivity index (χ1v) is 16.3. The highest BCUT2D eigenvalue weighted by molar-refractivity contribution is 5.97. The lowest BCUT2D eigenvalue weighted by Gasteiger charge is -2.34. The van der Waals surface area contributed by atoms with Gasteiger partial charge in [-0.3, -0.25) is 0 Å². The molecule has 1 aromatic heterocycles. The van der Waals surface area contributed by atoms with Crippen molar-refractivity contribution in [2.45, 2.75) is 5.41 Å². The molecule has 1 aliphatic rings. The lowest BCUT2D eigenvalue weighted by molar-refractivity contribution is 0.769. The topological polar surface area (TPSA) is 62.5 Å². The molecular formula is C45H28N4. The fourth-order valence-electron chi connectivity index (χ4n) is 7.37. The third kappa shape index (κ3) is 4.64. The van der Waals surface area contributed by atoms with Gasteiger partial charge in [-0.15, -0.1) is 0 Å². The van der Waals surface area contributed by atoms with Crippen LogP contribution in [-0.4, -0.2) is 15.0 Å². The molecule has 4 heteroatoms. The van der Waals surface area contributed by atoms with Gasteiger partial charge in [0, 0.05) is 16.7 Å². The second kappa shape index (κ2) is 11.5. The summed E-state index contributed by atoms with van der Waals surface area (Å²) in [6, 6.07) is 61.1. The molecule has 0 fully saturated rings. The Morgan fingerprint density at radius 3 is 1.59 bits per heavy atom. The van der Waals surface area contributed by atoms with Crippen LogP contribution in [0.15, 0.2) is 170 Å². The first-order chi connectivity index (χ1) is 24.2. The second-order valence-electron chi connectivity index (χ2n) is 12.3. The average Bonchev–Trinajstić information content (AvgIpc) is 3.47. The summed E-state index contributed by atoms with van der Waals surface area (Å²) in [5, 5.41) is 11.9. The molecule has 228 valence electrons. The van der Waals surface area contributed by atoms with Crippen LogP contribution in [0.4, 0.5) is 0 Å². The Labute approximate surface area is 284 Å². The summed E-state index contributed by atoms with van der Waals surface area (Å²) >= 11 is 0. The second-order valence-corrected chi connectivity index (χ2v) is 12.3. The number of hydrogen-bond donors (Lipinski definition) is 0.